The molecular weight excluding hydrogens is 489 g/mol. The minimum atomic E-state index is -5.09. The van der Waals surface area contributed by atoms with Crippen molar-refractivity contribution < 1.29 is 44.3 Å². The Bertz CT molecular complexity index is 1270. The van der Waals surface area contributed by atoms with Crippen molar-refractivity contribution in [3.63, 3.8) is 0 Å². The molecule has 0 unspecified atom stereocenters. The average Bonchev–Trinajstić information content (AvgIpc) is 2.70. The molecule has 0 aliphatic carbocycles. The summed E-state index contributed by atoms with van der Waals surface area (Å²) in [5, 5.41) is 0. The Morgan fingerprint density at radius 1 is 0.600 bits per heavy atom. The predicted octanol–water partition coefficient (Wildman–Crippen LogP) is 8.41. The Morgan fingerprint density at radius 3 is 1.63 bits per heavy atom. The molecule has 11 heteroatoms. The molecule has 0 aliphatic rings. The summed E-state index contributed by atoms with van der Waals surface area (Å²) in [6.07, 6.45) is -14.9. The van der Waals surface area contributed by atoms with E-state index in [9.17, 15) is 39.5 Å². The number of pyridine rings is 1. The molecule has 1 aromatic heterocycles. The van der Waals surface area contributed by atoms with E-state index in [4.69, 9.17) is 0 Å². The molecule has 0 radical (unpaired) electrons. The second-order valence-electron chi connectivity index (χ2n) is 7.93. The van der Waals surface area contributed by atoms with Crippen molar-refractivity contribution >= 4 is 0 Å². The molecule has 0 saturated carbocycles. The van der Waals surface area contributed by atoms with Crippen LogP contribution in [-0.2, 0) is 18.5 Å². The van der Waals surface area contributed by atoms with Gasteiger partial charge in [-0.3, -0.25) is 0 Å². The largest absolute Gasteiger partial charge is 0.481 e. The van der Waals surface area contributed by atoms with Crippen LogP contribution in [0.2, 0.25) is 0 Å². The number of hydrogen-bond acceptors (Lipinski definition) is 2. The summed E-state index contributed by atoms with van der Waals surface area (Å²) >= 11 is 0. The summed E-state index contributed by atoms with van der Waals surface area (Å²) in [7, 11) is 0.941. The standard InChI is InChI=1S/C24H18F9NO/c1-11-5-6-18(22(25,26)27)16(7-11)14-9-19(23(28,29)30)17(8-12(14)2)15-10-20(24(31,32)33)21(35-4)34-13(15)3/h5-10H,1-4H3. The minimum absolute atomic E-state index is 0.00729. The first-order valence-corrected chi connectivity index (χ1v) is 9.98. The Balaban J connectivity index is 2.39. The zero-order valence-electron chi connectivity index (χ0n) is 18.7. The Kier molecular flexibility index (Phi) is 6.60. The van der Waals surface area contributed by atoms with Crippen LogP contribution in [-0.4, -0.2) is 12.1 Å². The number of halogens is 9. The second-order valence-corrected chi connectivity index (χ2v) is 7.93. The van der Waals surface area contributed by atoms with Crippen molar-refractivity contribution in [1.82, 2.24) is 4.98 Å². The first kappa shape index (κ1) is 26.4. The molecule has 35 heavy (non-hydrogen) atoms. The van der Waals surface area contributed by atoms with E-state index in [0.29, 0.717) is 17.7 Å². The van der Waals surface area contributed by atoms with Crippen LogP contribution in [0.25, 0.3) is 22.3 Å². The van der Waals surface area contributed by atoms with Crippen LogP contribution in [0.1, 0.15) is 33.5 Å². The molecule has 0 bridgehead atoms. The predicted molar refractivity (Wildman–Crippen MR) is 111 cm³/mol. The zero-order valence-corrected chi connectivity index (χ0v) is 18.7. The van der Waals surface area contributed by atoms with Gasteiger partial charge < -0.3 is 4.74 Å². The lowest BCUT2D eigenvalue weighted by atomic mass is 9.88. The maximum absolute atomic E-state index is 14.1. The molecule has 3 aromatic rings. The fraction of sp³-hybridized carbons (Fsp3) is 0.292. The summed E-state index contributed by atoms with van der Waals surface area (Å²) in [5.74, 6) is -0.810. The molecule has 0 N–H and O–H groups in total. The molecular formula is C24H18F9NO. The van der Waals surface area contributed by atoms with Gasteiger partial charge in [0, 0.05) is 11.3 Å². The van der Waals surface area contributed by atoms with Crippen LogP contribution in [0.3, 0.4) is 0 Å². The van der Waals surface area contributed by atoms with Gasteiger partial charge in [-0.25, -0.2) is 4.98 Å². The molecule has 2 nitrogen and oxygen atoms in total. The van der Waals surface area contributed by atoms with E-state index >= 15 is 0 Å². The smallest absolute Gasteiger partial charge is 0.421 e. The highest BCUT2D eigenvalue weighted by atomic mass is 19.4. The molecule has 0 atom stereocenters. The van der Waals surface area contributed by atoms with Gasteiger partial charge in [0.15, 0.2) is 0 Å². The van der Waals surface area contributed by atoms with Gasteiger partial charge in [-0.1, -0.05) is 23.8 Å². The molecule has 3 rings (SSSR count). The summed E-state index contributed by atoms with van der Waals surface area (Å²) in [5.41, 5.74) is -5.61. The van der Waals surface area contributed by atoms with Crippen LogP contribution in [0.15, 0.2) is 36.4 Å². The fourth-order valence-corrected chi connectivity index (χ4v) is 3.80. The first-order valence-electron chi connectivity index (χ1n) is 9.98. The summed E-state index contributed by atoms with van der Waals surface area (Å²) in [6, 6.07) is 5.04. The topological polar surface area (TPSA) is 22.1 Å². The van der Waals surface area contributed by atoms with E-state index in [1.54, 1.807) is 0 Å². The third kappa shape index (κ3) is 5.23. The van der Waals surface area contributed by atoms with E-state index in [1.165, 1.54) is 26.8 Å². The number of methoxy groups -OCH3 is 1. The first-order chi connectivity index (χ1) is 15.9. The minimum Gasteiger partial charge on any atom is -0.481 e. The molecule has 0 saturated heterocycles. The molecule has 1 heterocycles. The van der Waals surface area contributed by atoms with Gasteiger partial charge in [-0.2, -0.15) is 39.5 Å². The number of ether oxygens (including phenoxy) is 1. The third-order valence-electron chi connectivity index (χ3n) is 5.41. The zero-order chi connectivity index (χ0) is 26.5. The fourth-order valence-electron chi connectivity index (χ4n) is 3.80. The highest BCUT2D eigenvalue weighted by Gasteiger charge is 2.40. The number of nitrogens with zero attached hydrogens (tertiary/aromatic N) is 1. The van der Waals surface area contributed by atoms with E-state index in [-0.39, 0.29) is 16.8 Å². The van der Waals surface area contributed by atoms with Crippen molar-refractivity contribution in [1.29, 1.82) is 0 Å². The number of hydrogen-bond donors (Lipinski definition) is 0. The lowest BCUT2D eigenvalue weighted by Gasteiger charge is -2.21. The van der Waals surface area contributed by atoms with Gasteiger partial charge in [0.2, 0.25) is 5.88 Å². The second kappa shape index (κ2) is 8.76. The molecule has 2 aromatic carbocycles. The lowest BCUT2D eigenvalue weighted by molar-refractivity contribution is -0.139. The van der Waals surface area contributed by atoms with Crippen LogP contribution >= 0.6 is 0 Å². The van der Waals surface area contributed by atoms with Crippen LogP contribution in [0.4, 0.5) is 39.5 Å². The van der Waals surface area contributed by atoms with Crippen molar-refractivity contribution in [2.45, 2.75) is 39.3 Å². The summed E-state index contributed by atoms with van der Waals surface area (Å²) in [6.45, 7) is 3.99. The van der Waals surface area contributed by atoms with E-state index in [0.717, 1.165) is 25.3 Å². The Labute approximate surface area is 194 Å². The van der Waals surface area contributed by atoms with Gasteiger partial charge >= 0.3 is 18.5 Å². The third-order valence-corrected chi connectivity index (χ3v) is 5.41. The highest BCUT2D eigenvalue weighted by molar-refractivity contribution is 5.80. The molecule has 0 amide bonds. The van der Waals surface area contributed by atoms with Crippen molar-refractivity contribution in [3.8, 4) is 28.1 Å². The number of rotatable bonds is 3. The Hall–Kier alpha value is -3.24. The highest BCUT2D eigenvalue weighted by Crippen LogP contribution is 2.46. The van der Waals surface area contributed by atoms with Crippen LogP contribution < -0.4 is 4.74 Å². The van der Waals surface area contributed by atoms with Gasteiger partial charge in [-0.05, 0) is 61.2 Å². The maximum Gasteiger partial charge on any atom is 0.421 e. The Morgan fingerprint density at radius 2 is 1.11 bits per heavy atom. The number of alkyl halides is 9. The number of aromatic nitrogens is 1. The van der Waals surface area contributed by atoms with Gasteiger partial charge in [0.25, 0.3) is 0 Å². The molecule has 188 valence electrons. The summed E-state index contributed by atoms with van der Waals surface area (Å²) < 4.78 is 128. The summed E-state index contributed by atoms with van der Waals surface area (Å²) in [4.78, 5) is 3.67. The van der Waals surface area contributed by atoms with Crippen LogP contribution in [0.5, 0.6) is 5.88 Å². The average molecular weight is 507 g/mol. The van der Waals surface area contributed by atoms with E-state index < -0.39 is 57.8 Å². The quantitative estimate of drug-likeness (QED) is 0.332. The van der Waals surface area contributed by atoms with E-state index in [2.05, 4.69) is 9.72 Å². The van der Waals surface area contributed by atoms with Crippen molar-refractivity contribution in [2.75, 3.05) is 7.11 Å². The normalized spacial score (nSPS) is 12.7. The number of benzene rings is 2. The van der Waals surface area contributed by atoms with Crippen LogP contribution in [0, 0.1) is 20.8 Å². The maximum atomic E-state index is 14.1. The van der Waals surface area contributed by atoms with Gasteiger partial charge in [0.05, 0.1) is 18.2 Å². The molecule has 0 aliphatic heterocycles. The number of aryl methyl sites for hydroxylation is 3. The van der Waals surface area contributed by atoms with Gasteiger partial charge in [-0.15, -0.1) is 0 Å². The van der Waals surface area contributed by atoms with Crippen molar-refractivity contribution in [3.05, 3.63) is 69.9 Å². The van der Waals surface area contributed by atoms with Gasteiger partial charge in [0.1, 0.15) is 5.56 Å². The van der Waals surface area contributed by atoms with Crippen molar-refractivity contribution in [2.24, 2.45) is 0 Å². The van der Waals surface area contributed by atoms with E-state index in [1.807, 2.05) is 0 Å². The molecule has 0 fully saturated rings. The SMILES string of the molecule is COc1nc(C)c(-c2cc(C)c(-c3cc(C)ccc3C(F)(F)F)cc2C(F)(F)F)cc1C(F)(F)F. The lowest BCUT2D eigenvalue weighted by Crippen LogP contribution is -2.13. The molecule has 0 spiro atoms. The monoisotopic (exact) mass is 507 g/mol.